The molecule has 0 bridgehead atoms. The fraction of sp³-hybridized carbons (Fsp3) is 0. The van der Waals surface area contributed by atoms with E-state index in [9.17, 15) is 0 Å². The Morgan fingerprint density at radius 2 is 0.435 bits per heavy atom. The molecule has 0 spiro atoms. The third kappa shape index (κ3) is 12.3. The Hall–Kier alpha value is -14.7. The highest BCUT2D eigenvalue weighted by Crippen LogP contribution is 2.50. The second-order valence-corrected chi connectivity index (χ2v) is 26.6. The number of benzene rings is 14. The van der Waals surface area contributed by atoms with Gasteiger partial charge < -0.3 is 8.83 Å². The van der Waals surface area contributed by atoms with Crippen molar-refractivity contribution in [3.05, 3.63) is 382 Å². The predicted octanol–water partition coefficient (Wildman–Crippen LogP) is 25.8. The highest BCUT2D eigenvalue weighted by Gasteiger charge is 2.27. The van der Waals surface area contributed by atoms with Gasteiger partial charge >= 0.3 is 0 Å². The van der Waals surface area contributed by atoms with Gasteiger partial charge in [-0.25, -0.2) is 34.9 Å². The van der Waals surface area contributed by atoms with Gasteiger partial charge in [0.25, 0.3) is 0 Å². The van der Waals surface area contributed by atoms with E-state index in [0.717, 1.165) is 178 Å². The van der Waals surface area contributed by atoms with Crippen LogP contribution in [0.5, 0.6) is 0 Å². The molecule has 0 aliphatic carbocycles. The van der Waals surface area contributed by atoms with Crippen LogP contribution < -0.4 is 0 Å². The van der Waals surface area contributed by atoms with E-state index >= 15 is 0 Å². The average molecular weight is 1380 g/mol. The lowest BCUT2D eigenvalue weighted by molar-refractivity contribution is 0.635. The highest BCUT2D eigenvalue weighted by atomic mass is 16.3. The van der Waals surface area contributed by atoms with Gasteiger partial charge in [0.15, 0.2) is 23.3 Å². The van der Waals surface area contributed by atoms with Crippen molar-refractivity contribution in [1.29, 1.82) is 0 Å². The van der Waals surface area contributed by atoms with E-state index in [2.05, 4.69) is 255 Å². The van der Waals surface area contributed by atoms with Gasteiger partial charge in [0.1, 0.15) is 22.7 Å². The van der Waals surface area contributed by atoms with Crippen LogP contribution in [0.25, 0.3) is 201 Å². The Morgan fingerprint density at radius 1 is 0.167 bits per heavy atom. The van der Waals surface area contributed by atoms with Gasteiger partial charge in [0.05, 0.1) is 44.4 Å². The van der Waals surface area contributed by atoms with Crippen LogP contribution in [0.2, 0.25) is 0 Å². The molecule has 0 fully saturated rings. The summed E-state index contributed by atoms with van der Waals surface area (Å²) in [6, 6.07) is 131. The second-order valence-electron chi connectivity index (χ2n) is 26.6. The number of nitrogens with zero attached hydrogens (tertiary/aromatic N) is 7. The first-order valence-corrected chi connectivity index (χ1v) is 36.1. The van der Waals surface area contributed by atoms with Gasteiger partial charge in [-0.3, -0.25) is 0 Å². The fourth-order valence-electron chi connectivity index (χ4n) is 14.6. The quantitative estimate of drug-likeness (QED) is 0.111. The summed E-state index contributed by atoms with van der Waals surface area (Å²) >= 11 is 0. The SMILES string of the molecule is c1ccc(-c2nc(-c3ccc(-c4ccc5nc(-c6ccccc6)c6c(-c7ccccc7)c(-c7ccccc7)oc6c5c4)cc3)c3ccccc3n2)cc1.c1ccc(-c2nc(-c3ccccc3)nc(-c3ccc(-c4ccc5nc(-c6ccccc6)c6c(-c7ccccc7)c(-c7ccccc7)oc6c5c4)cc3)n2)cc1. The highest BCUT2D eigenvalue weighted by molar-refractivity contribution is 6.19. The maximum atomic E-state index is 7.02. The number of rotatable bonds is 13. The first kappa shape index (κ1) is 64.2. The topological polar surface area (TPSA) is 117 Å². The third-order valence-electron chi connectivity index (χ3n) is 19.8. The molecule has 0 unspecified atom stereocenters. The van der Waals surface area contributed by atoms with Crippen molar-refractivity contribution in [3.8, 4) is 146 Å². The molecule has 9 nitrogen and oxygen atoms in total. The summed E-state index contributed by atoms with van der Waals surface area (Å²) < 4.78 is 14.0. The lowest BCUT2D eigenvalue weighted by Crippen LogP contribution is -2.00. The first-order chi connectivity index (χ1) is 53.5. The molecule has 6 aromatic heterocycles. The van der Waals surface area contributed by atoms with Gasteiger partial charge in [0, 0.05) is 77.4 Å². The van der Waals surface area contributed by atoms with E-state index < -0.39 is 0 Å². The Bertz CT molecular complexity index is 6590. The minimum atomic E-state index is 0.620. The summed E-state index contributed by atoms with van der Waals surface area (Å²) in [4.78, 5) is 35.4. The van der Waals surface area contributed by atoms with E-state index in [0.29, 0.717) is 23.3 Å². The van der Waals surface area contributed by atoms with E-state index in [1.807, 2.05) is 127 Å². The molecule has 0 aliphatic heterocycles. The van der Waals surface area contributed by atoms with Gasteiger partial charge in [-0.05, 0) is 63.7 Å². The predicted molar refractivity (Wildman–Crippen MR) is 440 cm³/mol. The molecule has 0 saturated carbocycles. The summed E-state index contributed by atoms with van der Waals surface area (Å²) in [5, 5.41) is 4.94. The lowest BCUT2D eigenvalue weighted by atomic mass is 9.94. The van der Waals surface area contributed by atoms with Crippen LogP contribution in [0.4, 0.5) is 0 Å². The van der Waals surface area contributed by atoms with Crippen molar-refractivity contribution in [1.82, 2.24) is 34.9 Å². The lowest BCUT2D eigenvalue weighted by Gasteiger charge is -2.11. The van der Waals surface area contributed by atoms with Crippen molar-refractivity contribution < 1.29 is 8.83 Å². The molecule has 20 rings (SSSR count). The smallest absolute Gasteiger partial charge is 0.164 e. The number of fused-ring (bicyclic) bond motifs is 7. The summed E-state index contributed by atoms with van der Waals surface area (Å²) in [7, 11) is 0. The molecule has 14 aromatic carbocycles. The fourth-order valence-corrected chi connectivity index (χ4v) is 14.6. The van der Waals surface area contributed by atoms with Crippen LogP contribution in [-0.4, -0.2) is 34.9 Å². The van der Waals surface area contributed by atoms with Crippen LogP contribution >= 0.6 is 0 Å². The van der Waals surface area contributed by atoms with Crippen LogP contribution in [0, 0.1) is 0 Å². The largest absolute Gasteiger partial charge is 0.455 e. The number of hydrogen-bond donors (Lipinski definition) is 0. The Labute approximate surface area is 623 Å². The van der Waals surface area contributed by atoms with Crippen molar-refractivity contribution in [2.75, 3.05) is 0 Å². The number of furan rings is 2. The zero-order chi connectivity index (χ0) is 71.7. The van der Waals surface area contributed by atoms with Gasteiger partial charge in [-0.15, -0.1) is 0 Å². The molecule has 0 atom stereocenters. The summed E-state index contributed by atoms with van der Waals surface area (Å²) in [6.07, 6.45) is 0. The second kappa shape index (κ2) is 28.2. The summed E-state index contributed by atoms with van der Waals surface area (Å²) in [6.45, 7) is 0. The summed E-state index contributed by atoms with van der Waals surface area (Å²) in [5.41, 5.74) is 24.5. The average Bonchev–Trinajstić information content (AvgIpc) is 1.55. The number of aromatic nitrogens is 7. The minimum Gasteiger partial charge on any atom is -0.455 e. The van der Waals surface area contributed by atoms with Gasteiger partial charge in [0.2, 0.25) is 0 Å². The van der Waals surface area contributed by atoms with Crippen molar-refractivity contribution in [2.24, 2.45) is 0 Å². The van der Waals surface area contributed by atoms with Crippen molar-refractivity contribution >= 4 is 54.6 Å². The van der Waals surface area contributed by atoms with Crippen LogP contribution in [0.3, 0.4) is 0 Å². The monoisotopic (exact) mass is 1380 g/mol. The molecular formula is C99H63N7O2. The van der Waals surface area contributed by atoms with Crippen LogP contribution in [-0.2, 0) is 0 Å². The van der Waals surface area contributed by atoms with Gasteiger partial charge in [-0.2, -0.15) is 0 Å². The molecular weight excluding hydrogens is 1320 g/mol. The molecule has 6 heterocycles. The zero-order valence-electron chi connectivity index (χ0n) is 58.3. The first-order valence-electron chi connectivity index (χ1n) is 36.1. The molecule has 0 N–H and O–H groups in total. The number of para-hydroxylation sites is 1. The minimum absolute atomic E-state index is 0.620. The normalized spacial score (nSPS) is 11.3. The number of pyridine rings is 2. The molecule has 20 aromatic rings. The standard InChI is InChI=1S/C50H32N4O.C49H31N3O/c1-6-16-34(17-7-1)43-44-45(35-18-8-2-9-19-35)51-42-31-30-40(32-41(42)47(44)55-46(43)36-20-10-3-11-21-36)33-26-28-39(29-27-33)50-53-48(37-22-12-4-13-23-37)52-49(54-50)38-24-14-5-15-25-38;1-5-15-33(16-6-1)43-44-46(34-17-7-2-8-18-34)50-42-30-29-38(31-40(42)48(44)53-47(43)36-19-9-3-10-20-36)32-25-27-35(28-26-32)45-39-23-13-14-24-41(39)51-49(52-45)37-21-11-4-12-22-37/h1-32H;1-31H. The zero-order valence-corrected chi connectivity index (χ0v) is 58.3. The molecule has 0 saturated heterocycles. The van der Waals surface area contributed by atoms with Crippen LogP contribution in [0.15, 0.2) is 391 Å². The molecule has 0 amide bonds. The Kier molecular flexibility index (Phi) is 16.7. The van der Waals surface area contributed by atoms with E-state index in [-0.39, 0.29) is 0 Å². The van der Waals surface area contributed by atoms with Crippen molar-refractivity contribution in [3.63, 3.8) is 0 Å². The Balaban J connectivity index is 0.000000147. The molecule has 506 valence electrons. The third-order valence-corrected chi connectivity index (χ3v) is 19.8. The van der Waals surface area contributed by atoms with Crippen LogP contribution in [0.1, 0.15) is 0 Å². The molecule has 9 heteroatoms. The van der Waals surface area contributed by atoms with E-state index in [4.69, 9.17) is 43.7 Å². The van der Waals surface area contributed by atoms with E-state index in [1.165, 1.54) is 0 Å². The Morgan fingerprint density at radius 3 is 0.815 bits per heavy atom. The summed E-state index contributed by atoms with van der Waals surface area (Å²) in [5.74, 6) is 4.27. The maximum absolute atomic E-state index is 7.02. The van der Waals surface area contributed by atoms with E-state index in [1.54, 1.807) is 0 Å². The molecule has 0 aliphatic rings. The molecule has 108 heavy (non-hydrogen) atoms. The maximum Gasteiger partial charge on any atom is 0.164 e. The van der Waals surface area contributed by atoms with Gasteiger partial charge in [-0.1, -0.05) is 352 Å². The number of hydrogen-bond acceptors (Lipinski definition) is 9. The molecule has 0 radical (unpaired) electrons. The van der Waals surface area contributed by atoms with Crippen molar-refractivity contribution in [2.45, 2.75) is 0 Å².